The molecule has 1 aliphatic heterocycles. The summed E-state index contributed by atoms with van der Waals surface area (Å²) in [6.45, 7) is 7.69. The normalized spacial score (nSPS) is 40.5. The minimum absolute atomic E-state index is 0.216. The standard InChI is InChI=1S/C9H18O/c1-4-5-9(3)6-8(2)7-10-9/h8H,4-7H2,1-3H3. The largest absolute Gasteiger partial charge is 0.375 e. The van der Waals surface area contributed by atoms with E-state index in [1.165, 1.54) is 19.3 Å². The van der Waals surface area contributed by atoms with Crippen molar-refractivity contribution >= 4 is 0 Å². The molecule has 0 radical (unpaired) electrons. The fourth-order valence-electron chi connectivity index (χ4n) is 1.90. The van der Waals surface area contributed by atoms with Gasteiger partial charge in [-0.05, 0) is 25.7 Å². The molecule has 0 amide bonds. The number of hydrogen-bond donors (Lipinski definition) is 0. The van der Waals surface area contributed by atoms with Crippen molar-refractivity contribution in [2.24, 2.45) is 5.92 Å². The monoisotopic (exact) mass is 142 g/mol. The molecule has 0 aromatic heterocycles. The topological polar surface area (TPSA) is 9.23 Å². The Morgan fingerprint density at radius 2 is 2.30 bits per heavy atom. The van der Waals surface area contributed by atoms with Crippen LogP contribution in [-0.2, 0) is 4.74 Å². The van der Waals surface area contributed by atoms with Crippen LogP contribution in [0.3, 0.4) is 0 Å². The lowest BCUT2D eigenvalue weighted by molar-refractivity contribution is 0.0119. The first kappa shape index (κ1) is 8.06. The molecule has 0 bridgehead atoms. The third-order valence-electron chi connectivity index (χ3n) is 2.28. The minimum atomic E-state index is 0.216. The van der Waals surface area contributed by atoms with Crippen LogP contribution in [0, 0.1) is 5.92 Å². The van der Waals surface area contributed by atoms with E-state index >= 15 is 0 Å². The molecule has 0 N–H and O–H groups in total. The van der Waals surface area contributed by atoms with E-state index in [0.29, 0.717) is 0 Å². The molecule has 10 heavy (non-hydrogen) atoms. The second-order valence-corrected chi connectivity index (χ2v) is 3.82. The second kappa shape index (κ2) is 2.91. The van der Waals surface area contributed by atoms with Gasteiger partial charge in [0, 0.05) is 6.61 Å². The zero-order chi connectivity index (χ0) is 7.61. The third-order valence-corrected chi connectivity index (χ3v) is 2.28. The Morgan fingerprint density at radius 1 is 1.60 bits per heavy atom. The molecule has 1 heteroatoms. The van der Waals surface area contributed by atoms with Gasteiger partial charge in [-0.1, -0.05) is 20.3 Å². The lowest BCUT2D eigenvalue weighted by Gasteiger charge is -2.21. The maximum atomic E-state index is 5.69. The van der Waals surface area contributed by atoms with E-state index in [-0.39, 0.29) is 5.60 Å². The lowest BCUT2D eigenvalue weighted by atomic mass is 9.93. The predicted octanol–water partition coefficient (Wildman–Crippen LogP) is 2.60. The van der Waals surface area contributed by atoms with Crippen LogP contribution in [0.2, 0.25) is 0 Å². The molecule has 1 heterocycles. The van der Waals surface area contributed by atoms with Gasteiger partial charge in [0.15, 0.2) is 0 Å². The maximum Gasteiger partial charge on any atom is 0.0658 e. The van der Waals surface area contributed by atoms with E-state index in [2.05, 4.69) is 20.8 Å². The van der Waals surface area contributed by atoms with Gasteiger partial charge >= 0.3 is 0 Å². The molecule has 60 valence electrons. The van der Waals surface area contributed by atoms with Crippen LogP contribution in [0.15, 0.2) is 0 Å². The summed E-state index contributed by atoms with van der Waals surface area (Å²) in [7, 11) is 0. The van der Waals surface area contributed by atoms with Gasteiger partial charge < -0.3 is 4.74 Å². The summed E-state index contributed by atoms with van der Waals surface area (Å²) in [5.41, 5.74) is 0.216. The van der Waals surface area contributed by atoms with Crippen molar-refractivity contribution in [1.29, 1.82) is 0 Å². The Morgan fingerprint density at radius 3 is 2.70 bits per heavy atom. The van der Waals surface area contributed by atoms with Crippen molar-refractivity contribution < 1.29 is 4.74 Å². The molecule has 0 aromatic rings. The van der Waals surface area contributed by atoms with Crippen LogP contribution >= 0.6 is 0 Å². The molecule has 2 unspecified atom stereocenters. The van der Waals surface area contributed by atoms with Crippen molar-refractivity contribution in [3.05, 3.63) is 0 Å². The average molecular weight is 142 g/mol. The zero-order valence-electron chi connectivity index (χ0n) is 7.31. The van der Waals surface area contributed by atoms with E-state index < -0.39 is 0 Å². The smallest absolute Gasteiger partial charge is 0.0658 e. The number of rotatable bonds is 2. The fourth-order valence-corrected chi connectivity index (χ4v) is 1.90. The highest BCUT2D eigenvalue weighted by Crippen LogP contribution is 2.32. The van der Waals surface area contributed by atoms with Crippen LogP contribution in [0.5, 0.6) is 0 Å². The quantitative estimate of drug-likeness (QED) is 0.576. The summed E-state index contributed by atoms with van der Waals surface area (Å²) in [5.74, 6) is 0.775. The summed E-state index contributed by atoms with van der Waals surface area (Å²) in [4.78, 5) is 0. The van der Waals surface area contributed by atoms with Gasteiger partial charge in [0.1, 0.15) is 0 Å². The Labute approximate surface area is 63.8 Å². The molecular formula is C9H18O. The SMILES string of the molecule is CCCC1(C)CC(C)CO1. The fraction of sp³-hybridized carbons (Fsp3) is 1.00. The molecule has 1 rings (SSSR count). The molecule has 0 aromatic carbocycles. The molecular weight excluding hydrogens is 124 g/mol. The van der Waals surface area contributed by atoms with Gasteiger partial charge in [0.05, 0.1) is 5.60 Å². The highest BCUT2D eigenvalue weighted by Gasteiger charge is 2.32. The van der Waals surface area contributed by atoms with E-state index in [0.717, 1.165) is 12.5 Å². The number of hydrogen-bond acceptors (Lipinski definition) is 1. The molecule has 0 saturated carbocycles. The molecule has 0 spiro atoms. The number of ether oxygens (including phenoxy) is 1. The molecule has 1 fully saturated rings. The summed E-state index contributed by atoms with van der Waals surface area (Å²) < 4.78 is 5.69. The first-order valence-electron chi connectivity index (χ1n) is 4.30. The zero-order valence-corrected chi connectivity index (χ0v) is 7.31. The summed E-state index contributed by atoms with van der Waals surface area (Å²) >= 11 is 0. The third kappa shape index (κ3) is 1.72. The molecule has 0 aliphatic carbocycles. The molecule has 2 atom stereocenters. The van der Waals surface area contributed by atoms with Crippen molar-refractivity contribution in [3.8, 4) is 0 Å². The van der Waals surface area contributed by atoms with Crippen LogP contribution in [-0.4, -0.2) is 12.2 Å². The first-order chi connectivity index (χ1) is 4.66. The minimum Gasteiger partial charge on any atom is -0.375 e. The van der Waals surface area contributed by atoms with Crippen molar-refractivity contribution in [1.82, 2.24) is 0 Å². The first-order valence-corrected chi connectivity index (χ1v) is 4.30. The van der Waals surface area contributed by atoms with E-state index in [1.807, 2.05) is 0 Å². The van der Waals surface area contributed by atoms with Gasteiger partial charge in [-0.25, -0.2) is 0 Å². The molecule has 1 aliphatic rings. The predicted molar refractivity (Wildman–Crippen MR) is 43.0 cm³/mol. The Bertz CT molecular complexity index is 107. The average Bonchev–Trinajstić information content (AvgIpc) is 2.12. The Hall–Kier alpha value is -0.0400. The molecule has 1 nitrogen and oxygen atoms in total. The van der Waals surface area contributed by atoms with E-state index in [9.17, 15) is 0 Å². The summed E-state index contributed by atoms with van der Waals surface area (Å²) in [5, 5.41) is 0. The van der Waals surface area contributed by atoms with Gasteiger partial charge in [-0.3, -0.25) is 0 Å². The Kier molecular flexibility index (Phi) is 2.35. The van der Waals surface area contributed by atoms with Crippen LogP contribution in [0.1, 0.15) is 40.0 Å². The van der Waals surface area contributed by atoms with Gasteiger partial charge in [-0.2, -0.15) is 0 Å². The van der Waals surface area contributed by atoms with Crippen LogP contribution in [0.25, 0.3) is 0 Å². The van der Waals surface area contributed by atoms with Crippen LogP contribution in [0.4, 0.5) is 0 Å². The second-order valence-electron chi connectivity index (χ2n) is 3.82. The highest BCUT2D eigenvalue weighted by atomic mass is 16.5. The summed E-state index contributed by atoms with van der Waals surface area (Å²) in [6, 6.07) is 0. The van der Waals surface area contributed by atoms with E-state index in [4.69, 9.17) is 4.74 Å². The summed E-state index contributed by atoms with van der Waals surface area (Å²) in [6.07, 6.45) is 3.71. The maximum absolute atomic E-state index is 5.69. The van der Waals surface area contributed by atoms with Crippen molar-refractivity contribution in [2.75, 3.05) is 6.61 Å². The lowest BCUT2D eigenvalue weighted by Crippen LogP contribution is -2.22. The van der Waals surface area contributed by atoms with Crippen molar-refractivity contribution in [3.63, 3.8) is 0 Å². The van der Waals surface area contributed by atoms with Gasteiger partial charge in [-0.15, -0.1) is 0 Å². The van der Waals surface area contributed by atoms with Crippen molar-refractivity contribution in [2.45, 2.75) is 45.6 Å². The van der Waals surface area contributed by atoms with Gasteiger partial charge in [0.2, 0.25) is 0 Å². The molecule has 1 saturated heterocycles. The van der Waals surface area contributed by atoms with E-state index in [1.54, 1.807) is 0 Å². The highest BCUT2D eigenvalue weighted by molar-refractivity contribution is 4.82. The Balaban J connectivity index is 2.38. The van der Waals surface area contributed by atoms with Crippen LogP contribution < -0.4 is 0 Å². The van der Waals surface area contributed by atoms with Gasteiger partial charge in [0.25, 0.3) is 0 Å².